The van der Waals surface area contributed by atoms with E-state index in [1.54, 1.807) is 0 Å². The Balaban J connectivity index is 1.58. The lowest BCUT2D eigenvalue weighted by molar-refractivity contribution is -0.137. The average molecular weight is 343 g/mol. The van der Waals surface area contributed by atoms with Gasteiger partial charge < -0.3 is 10.2 Å². The lowest BCUT2D eigenvalue weighted by atomic mass is 9.94. The number of hydrogen-bond donors (Lipinski definition) is 2. The Bertz CT molecular complexity index is 605. The molecule has 1 aromatic carbocycles. The minimum atomic E-state index is -0.346. The molecule has 3 rings (SSSR count). The van der Waals surface area contributed by atoms with Crippen LogP contribution in [0.1, 0.15) is 45.1 Å². The Kier molecular flexibility index (Phi) is 5.42. The molecule has 0 radical (unpaired) electrons. The Labute approximate surface area is 150 Å². The summed E-state index contributed by atoms with van der Waals surface area (Å²) in [6.45, 7) is 5.57. The highest BCUT2D eigenvalue weighted by Gasteiger charge is 2.45. The van der Waals surface area contributed by atoms with Crippen LogP contribution in [0.3, 0.4) is 0 Å². The molecule has 0 aliphatic carbocycles. The predicted octanol–water partition coefficient (Wildman–Crippen LogP) is 2.07. The van der Waals surface area contributed by atoms with Crippen molar-refractivity contribution < 1.29 is 9.59 Å². The molecule has 5 heteroatoms. The second-order valence-corrected chi connectivity index (χ2v) is 7.30. The van der Waals surface area contributed by atoms with E-state index in [2.05, 4.69) is 36.6 Å². The van der Waals surface area contributed by atoms with Crippen molar-refractivity contribution in [3.05, 3.63) is 35.9 Å². The molecular weight excluding hydrogens is 314 g/mol. The van der Waals surface area contributed by atoms with Gasteiger partial charge >= 0.3 is 0 Å². The maximum atomic E-state index is 12.6. The van der Waals surface area contributed by atoms with Gasteiger partial charge in [0.25, 0.3) is 0 Å². The molecule has 2 aliphatic rings. The summed E-state index contributed by atoms with van der Waals surface area (Å²) in [6.07, 6.45) is 4.03. The SMILES string of the molecule is CCC(CC)C(=O)N1CCC2(CC1)NC(=O)C(Cc1ccccc1)N2. The molecule has 2 N–H and O–H groups in total. The number of nitrogens with zero attached hydrogens (tertiary/aromatic N) is 1. The zero-order valence-electron chi connectivity index (χ0n) is 15.3. The van der Waals surface area contributed by atoms with Crippen molar-refractivity contribution in [1.29, 1.82) is 0 Å². The molecule has 0 bridgehead atoms. The van der Waals surface area contributed by atoms with Crippen molar-refractivity contribution in [3.63, 3.8) is 0 Å². The van der Waals surface area contributed by atoms with E-state index < -0.39 is 0 Å². The number of nitrogens with one attached hydrogen (secondary N) is 2. The van der Waals surface area contributed by atoms with Crippen LogP contribution in [0, 0.1) is 5.92 Å². The second kappa shape index (κ2) is 7.56. The Morgan fingerprint density at radius 3 is 2.44 bits per heavy atom. The number of rotatable bonds is 5. The van der Waals surface area contributed by atoms with E-state index in [0.717, 1.165) is 31.2 Å². The first-order valence-electron chi connectivity index (χ1n) is 9.49. The van der Waals surface area contributed by atoms with Gasteiger partial charge in [-0.2, -0.15) is 0 Å². The van der Waals surface area contributed by atoms with E-state index in [9.17, 15) is 9.59 Å². The maximum absolute atomic E-state index is 12.6. The van der Waals surface area contributed by atoms with Gasteiger partial charge in [0.15, 0.2) is 0 Å². The van der Waals surface area contributed by atoms with Crippen LogP contribution < -0.4 is 10.6 Å². The van der Waals surface area contributed by atoms with Crippen molar-refractivity contribution in [2.24, 2.45) is 5.92 Å². The number of amides is 2. The van der Waals surface area contributed by atoms with Crippen molar-refractivity contribution in [2.45, 2.75) is 57.7 Å². The van der Waals surface area contributed by atoms with Gasteiger partial charge in [-0.05, 0) is 24.8 Å². The molecule has 2 heterocycles. The van der Waals surface area contributed by atoms with Crippen LogP contribution in [0.4, 0.5) is 0 Å². The molecule has 0 saturated carbocycles. The predicted molar refractivity (Wildman–Crippen MR) is 97.8 cm³/mol. The van der Waals surface area contributed by atoms with Crippen LogP contribution in [0.15, 0.2) is 30.3 Å². The first kappa shape index (κ1) is 17.9. The summed E-state index contributed by atoms with van der Waals surface area (Å²) in [7, 11) is 0. The summed E-state index contributed by atoms with van der Waals surface area (Å²) < 4.78 is 0. The topological polar surface area (TPSA) is 61.4 Å². The number of hydrogen-bond acceptors (Lipinski definition) is 3. The fourth-order valence-corrected chi connectivity index (χ4v) is 4.03. The third-order valence-electron chi connectivity index (χ3n) is 5.68. The first-order chi connectivity index (χ1) is 12.1. The van der Waals surface area contributed by atoms with E-state index in [-0.39, 0.29) is 29.4 Å². The van der Waals surface area contributed by atoms with Crippen molar-refractivity contribution in [3.8, 4) is 0 Å². The maximum Gasteiger partial charge on any atom is 0.238 e. The standard InChI is InChI=1S/C20H29N3O2/c1-3-16(4-2)19(25)23-12-10-20(11-13-23)21-17(18(24)22-20)14-15-8-6-5-7-9-15/h5-9,16-17,21H,3-4,10-14H2,1-2H3,(H,22,24). The zero-order chi connectivity index (χ0) is 17.9. The smallest absolute Gasteiger partial charge is 0.238 e. The number of carbonyl (C=O) groups is 2. The van der Waals surface area contributed by atoms with Gasteiger partial charge in [0.05, 0.1) is 11.7 Å². The molecule has 25 heavy (non-hydrogen) atoms. The molecule has 136 valence electrons. The first-order valence-corrected chi connectivity index (χ1v) is 9.49. The number of likely N-dealkylation sites (tertiary alicyclic amines) is 1. The van der Waals surface area contributed by atoms with Crippen LogP contribution in [0.2, 0.25) is 0 Å². The highest BCUT2D eigenvalue weighted by molar-refractivity contribution is 5.85. The molecule has 2 amide bonds. The highest BCUT2D eigenvalue weighted by atomic mass is 16.2. The van der Waals surface area contributed by atoms with Crippen LogP contribution >= 0.6 is 0 Å². The van der Waals surface area contributed by atoms with Crippen LogP contribution in [0.25, 0.3) is 0 Å². The van der Waals surface area contributed by atoms with Gasteiger partial charge in [0, 0.05) is 31.8 Å². The van der Waals surface area contributed by atoms with Crippen LogP contribution in [-0.4, -0.2) is 41.5 Å². The lowest BCUT2D eigenvalue weighted by Crippen LogP contribution is -2.58. The van der Waals surface area contributed by atoms with E-state index >= 15 is 0 Å². The summed E-state index contributed by atoms with van der Waals surface area (Å²) in [5, 5.41) is 6.69. The quantitative estimate of drug-likeness (QED) is 0.860. The lowest BCUT2D eigenvalue weighted by Gasteiger charge is -2.40. The third-order valence-corrected chi connectivity index (χ3v) is 5.68. The summed E-state index contributed by atoms with van der Waals surface area (Å²) in [5.74, 6) is 0.472. The minimum Gasteiger partial charge on any atom is -0.342 e. The molecule has 5 nitrogen and oxygen atoms in total. The van der Waals surface area contributed by atoms with Crippen molar-refractivity contribution in [1.82, 2.24) is 15.5 Å². The number of benzene rings is 1. The molecule has 1 aromatic rings. The van der Waals surface area contributed by atoms with E-state index in [1.807, 2.05) is 23.1 Å². The number of carbonyl (C=O) groups excluding carboxylic acids is 2. The zero-order valence-corrected chi connectivity index (χ0v) is 15.3. The van der Waals surface area contributed by atoms with Crippen LogP contribution in [-0.2, 0) is 16.0 Å². The molecule has 2 aliphatic heterocycles. The van der Waals surface area contributed by atoms with E-state index in [0.29, 0.717) is 19.5 Å². The van der Waals surface area contributed by atoms with Crippen LogP contribution in [0.5, 0.6) is 0 Å². The van der Waals surface area contributed by atoms with Gasteiger partial charge in [-0.3, -0.25) is 14.9 Å². The van der Waals surface area contributed by atoms with E-state index in [1.165, 1.54) is 0 Å². The summed E-state index contributed by atoms with van der Waals surface area (Å²) in [6, 6.07) is 9.90. The van der Waals surface area contributed by atoms with Crippen molar-refractivity contribution >= 4 is 11.8 Å². The normalized spacial score (nSPS) is 22.4. The number of piperidine rings is 1. The Morgan fingerprint density at radius 2 is 1.84 bits per heavy atom. The summed E-state index contributed by atoms with van der Waals surface area (Å²) in [4.78, 5) is 26.9. The molecule has 1 atom stereocenters. The fraction of sp³-hybridized carbons (Fsp3) is 0.600. The van der Waals surface area contributed by atoms with Crippen molar-refractivity contribution in [2.75, 3.05) is 13.1 Å². The molecular formula is C20H29N3O2. The Hall–Kier alpha value is -1.88. The second-order valence-electron chi connectivity index (χ2n) is 7.30. The minimum absolute atomic E-state index is 0.0728. The highest BCUT2D eigenvalue weighted by Crippen LogP contribution is 2.27. The fourth-order valence-electron chi connectivity index (χ4n) is 4.03. The van der Waals surface area contributed by atoms with Gasteiger partial charge in [0.2, 0.25) is 11.8 Å². The molecule has 2 fully saturated rings. The molecule has 2 saturated heterocycles. The average Bonchev–Trinajstić information content (AvgIpc) is 2.92. The van der Waals surface area contributed by atoms with Gasteiger partial charge in [0.1, 0.15) is 0 Å². The molecule has 1 spiro atoms. The molecule has 1 unspecified atom stereocenters. The Morgan fingerprint density at radius 1 is 1.20 bits per heavy atom. The third kappa shape index (κ3) is 3.87. The largest absolute Gasteiger partial charge is 0.342 e. The monoisotopic (exact) mass is 343 g/mol. The summed E-state index contributed by atoms with van der Waals surface area (Å²) in [5.41, 5.74) is 0.815. The summed E-state index contributed by atoms with van der Waals surface area (Å²) >= 11 is 0. The van der Waals surface area contributed by atoms with E-state index in [4.69, 9.17) is 0 Å². The van der Waals surface area contributed by atoms with Gasteiger partial charge in [-0.1, -0.05) is 44.2 Å². The van der Waals surface area contributed by atoms with Gasteiger partial charge in [-0.25, -0.2) is 0 Å². The van der Waals surface area contributed by atoms with Gasteiger partial charge in [-0.15, -0.1) is 0 Å². The molecule has 0 aromatic heterocycles.